The maximum absolute atomic E-state index is 10.9. The van der Waals surface area contributed by atoms with E-state index in [1.807, 2.05) is 152 Å². The van der Waals surface area contributed by atoms with Gasteiger partial charge in [-0.05, 0) is 139 Å². The van der Waals surface area contributed by atoms with Crippen LogP contribution in [0.15, 0.2) is 218 Å². The lowest BCUT2D eigenvalue weighted by molar-refractivity contribution is -0.197. The topological polar surface area (TPSA) is 487 Å². The van der Waals surface area contributed by atoms with E-state index in [0.29, 0.717) is 29.6 Å². The number of fused-ring (bicyclic) bond motifs is 5. The fourth-order valence-corrected chi connectivity index (χ4v) is 10.7. The first kappa shape index (κ1) is 126. The third kappa shape index (κ3) is 67.6. The Labute approximate surface area is 803 Å². The van der Waals surface area contributed by atoms with Gasteiger partial charge in [-0.3, -0.25) is 64.1 Å². The average molecular weight is 1880 g/mol. The van der Waals surface area contributed by atoms with Crippen molar-refractivity contribution < 1.29 is 71.8 Å². The van der Waals surface area contributed by atoms with Gasteiger partial charge < -0.3 is 70.6 Å². The number of likely N-dealkylation sites (N-methyl/N-ethyl adjacent to an activating group) is 2. The van der Waals surface area contributed by atoms with Gasteiger partial charge in [0.15, 0.2) is 5.96 Å². The average Bonchev–Trinajstić information content (AvgIpc) is 1.73. The smallest absolute Gasteiger partial charge is 0.332 e. The number of carbonyl (C=O) groups is 9. The standard InChI is InChI=1S/5C9H7N.C9H21N.C8H18N2O.C8H17NO2.C7H14N2O.2C7H9NO4.C5H13N3.3C2H3NO/c5*1-2-6-9-8(4-1)5-3-7-10-9;1-4-7-8-9-10(5-2)6-3;1-4-10(5-2)7-6-9-8(3)11;1-4-9(5-2)6-7-11-8(3)10;1-6(10)4-2-3-5-7(8)9;2*1-2-7(11)12-8-5(9)3-4-6(8)10;1-2-3-4-8-5(6)7;3*1-4-2-3/h5*1-7H;4-9H2,1-3H3;4-7H2,1-3H3,(H,9,11);4-7H2,1-3H3;2-5H2,1H3,(H3,8,9);2*2-4H2,1H3;2-4H2,1H3,(H4,6,7,8);3*1H3. The molecule has 2 saturated heterocycles. The molecule has 8 N–H and O–H groups in total. The quantitative estimate of drug-likeness (QED) is 0.00759. The Morgan fingerprint density at radius 1 is 0.412 bits per heavy atom. The maximum Gasteiger partial charge on any atom is 0.332 e. The predicted octanol–water partition coefficient (Wildman–Crippen LogP) is 16.5. The summed E-state index contributed by atoms with van der Waals surface area (Å²) in [7, 11) is 3.96. The van der Waals surface area contributed by atoms with E-state index in [1.54, 1.807) is 27.7 Å². The number of aromatic nitrogens is 5. The highest BCUT2D eigenvalue weighted by Crippen LogP contribution is 2.16. The number of rotatable bonds is 28. The Morgan fingerprint density at radius 2 is 0.691 bits per heavy atom. The summed E-state index contributed by atoms with van der Waals surface area (Å²) in [5.41, 5.74) is 20.5. The summed E-state index contributed by atoms with van der Waals surface area (Å²) < 4.78 is 16.3. The Hall–Kier alpha value is -14.5. The maximum atomic E-state index is 10.9. The number of hydroxylamine groups is 4. The summed E-state index contributed by atoms with van der Waals surface area (Å²) in [6.45, 7) is 36.6. The van der Waals surface area contributed by atoms with E-state index in [4.69, 9.17) is 43.1 Å². The zero-order valence-electron chi connectivity index (χ0n) is 82.4. The number of para-hydroxylation sites is 5. The van der Waals surface area contributed by atoms with Gasteiger partial charge in [-0.25, -0.2) is 9.59 Å². The van der Waals surface area contributed by atoms with Crippen LogP contribution in [0.5, 0.6) is 0 Å². The molecule has 0 spiro atoms. The summed E-state index contributed by atoms with van der Waals surface area (Å²) in [6, 6.07) is 60.4. The van der Waals surface area contributed by atoms with Crippen molar-refractivity contribution in [2.24, 2.45) is 22.2 Å². The van der Waals surface area contributed by atoms with Gasteiger partial charge in [0.05, 0.1) is 54.7 Å². The first-order chi connectivity index (χ1) is 65.5. The fraction of sp³-hybridized carbons (Fsp3) is 0.422. The molecule has 738 valence electrons. The number of benzene rings is 5. The van der Waals surface area contributed by atoms with Crippen molar-refractivity contribution in [2.75, 3.05) is 99.9 Å². The summed E-state index contributed by atoms with van der Waals surface area (Å²) in [6.07, 6.45) is 23.4. The molecule has 34 heteroatoms. The van der Waals surface area contributed by atoms with Gasteiger partial charge in [0.25, 0.3) is 42.4 Å². The van der Waals surface area contributed by atoms with Crippen molar-refractivity contribution in [3.8, 4) is 18.8 Å². The van der Waals surface area contributed by atoms with Gasteiger partial charge in [0.1, 0.15) is 12.4 Å². The van der Waals surface area contributed by atoms with Gasteiger partial charge in [0.2, 0.25) is 5.91 Å². The Morgan fingerprint density at radius 3 is 0.934 bits per heavy atom. The summed E-state index contributed by atoms with van der Waals surface area (Å²) in [5, 5.41) is 38.9. The van der Waals surface area contributed by atoms with Crippen LogP contribution in [0.4, 0.5) is 0 Å². The number of esters is 1. The monoisotopic (exact) mass is 1880 g/mol. The van der Waals surface area contributed by atoms with Crippen LogP contribution in [0.25, 0.3) is 54.5 Å². The van der Waals surface area contributed by atoms with Gasteiger partial charge in [-0.15, -0.1) is 10.1 Å². The molecule has 136 heavy (non-hydrogen) atoms. The molecule has 0 saturated carbocycles. The number of unbranched alkanes of at least 4 members (excludes halogenated alkanes) is 4. The molecule has 10 aromatic rings. The lowest BCUT2D eigenvalue weighted by Gasteiger charge is -2.17. The van der Waals surface area contributed by atoms with Crippen molar-refractivity contribution in [1.29, 1.82) is 21.2 Å². The Bertz CT molecular complexity index is 4190. The Kier molecular flexibility index (Phi) is 79.3. The van der Waals surface area contributed by atoms with Crippen molar-refractivity contribution in [2.45, 2.75) is 186 Å². The molecule has 2 fully saturated rings. The predicted molar refractivity (Wildman–Crippen MR) is 536 cm³/mol. The molecule has 0 unspecified atom stereocenters. The van der Waals surface area contributed by atoms with Crippen LogP contribution < -0.4 is 22.5 Å². The summed E-state index contributed by atoms with van der Waals surface area (Å²) in [4.78, 5) is 137. The van der Waals surface area contributed by atoms with Crippen LogP contribution in [-0.4, -0.2) is 215 Å². The highest BCUT2D eigenvalue weighted by atomic mass is 16.7. The number of ketones is 1. The number of pyridine rings is 5. The molecule has 5 aromatic carbocycles. The highest BCUT2D eigenvalue weighted by Gasteiger charge is 2.33. The third-order valence-corrected chi connectivity index (χ3v) is 18.1. The van der Waals surface area contributed by atoms with Crippen LogP contribution in [0.3, 0.4) is 0 Å². The number of ether oxygens (including phenoxy) is 4. The highest BCUT2D eigenvalue weighted by molar-refractivity contribution is 6.02. The van der Waals surface area contributed by atoms with E-state index in [-0.39, 0.29) is 68.0 Å². The van der Waals surface area contributed by atoms with E-state index in [2.05, 4.69) is 190 Å². The summed E-state index contributed by atoms with van der Waals surface area (Å²) >= 11 is 0. The number of aliphatic imine (C=N–C) groups is 1. The molecule has 2 aliphatic rings. The number of guanidine groups is 1. The van der Waals surface area contributed by atoms with Gasteiger partial charge >= 0.3 is 17.9 Å². The number of methoxy groups -OCH3 is 3. The van der Waals surface area contributed by atoms with Crippen LogP contribution in [0.1, 0.15) is 186 Å². The van der Waals surface area contributed by atoms with Crippen LogP contribution in [-0.2, 0) is 71.8 Å². The molecular weight excluding hydrogens is 1730 g/mol. The number of nitrogens with one attached hydrogen (secondary N) is 2. The number of imide groups is 2. The van der Waals surface area contributed by atoms with E-state index in [1.165, 1.54) is 113 Å². The zero-order chi connectivity index (χ0) is 102. The number of amidine groups is 1. The van der Waals surface area contributed by atoms with E-state index >= 15 is 0 Å². The first-order valence-electron chi connectivity index (χ1n) is 45.3. The molecule has 0 atom stereocenters. The minimum absolute atomic E-state index is 0.0529. The van der Waals surface area contributed by atoms with Gasteiger partial charge in [-0.1, -0.05) is 210 Å². The molecule has 0 aliphatic carbocycles. The number of Topliss-reactive ketones (excluding diaryl/α,β-unsaturated/α-hetero) is 1. The minimum Gasteiger partial charge on any atom is -0.465 e. The molecule has 5 aromatic heterocycles. The SMILES string of the molecule is CC(=O)CCCCC(=N)N.CCC(=O)ON1C(=O)CCC1=O.CCC(=O)ON1C(=O)CCC1=O.CCCCCN(CC)CC.CCCCN=C(N)N.CCN(CC)CCNC(C)=O.CCN(CC)CCOC(C)=O.COC#N.COC#N.COC#N.c1ccc2ncccc2c1.c1ccc2ncccc2c1.c1ccc2ncccc2c1.c1ccc2ncccc2c1.c1ccc2ncccc2c1. The molecule has 0 radical (unpaired) electrons. The summed E-state index contributed by atoms with van der Waals surface area (Å²) in [5.74, 6) is -2.44. The van der Waals surface area contributed by atoms with E-state index < -0.39 is 35.6 Å². The van der Waals surface area contributed by atoms with E-state index in [9.17, 15) is 43.2 Å². The third-order valence-electron chi connectivity index (χ3n) is 18.1. The van der Waals surface area contributed by atoms with Crippen molar-refractivity contribution in [3.63, 3.8) is 0 Å². The fourth-order valence-electron chi connectivity index (χ4n) is 10.7. The second-order valence-corrected chi connectivity index (χ2v) is 28.4. The molecule has 12 rings (SSSR count). The van der Waals surface area contributed by atoms with Crippen molar-refractivity contribution in [3.05, 3.63) is 213 Å². The number of nitriles is 3. The number of nitrogens with two attached hydrogens (primary N) is 3. The molecule has 34 nitrogen and oxygen atoms in total. The first-order valence-corrected chi connectivity index (χ1v) is 45.3. The molecule has 2 aliphatic heterocycles. The molecule has 0 bridgehead atoms. The second kappa shape index (κ2) is 85.9. The number of nitrogens with zero attached hydrogens (tertiary/aromatic N) is 14. The largest absolute Gasteiger partial charge is 0.465 e. The molecule has 5 amide bonds. The van der Waals surface area contributed by atoms with Crippen LogP contribution >= 0.6 is 0 Å². The zero-order valence-corrected chi connectivity index (χ0v) is 82.4. The molecule has 7 heterocycles. The van der Waals surface area contributed by atoms with Gasteiger partial charge in [0, 0.05) is 149 Å². The van der Waals surface area contributed by atoms with Crippen LogP contribution in [0.2, 0.25) is 0 Å². The van der Waals surface area contributed by atoms with E-state index in [0.717, 1.165) is 106 Å². The van der Waals surface area contributed by atoms with Crippen molar-refractivity contribution >= 4 is 120 Å². The lowest BCUT2D eigenvalue weighted by atomic mass is 10.1. The normalized spacial score (nSPS) is 10.6. The second-order valence-electron chi connectivity index (χ2n) is 28.4. The van der Waals surface area contributed by atoms with Crippen LogP contribution in [0, 0.1) is 40.0 Å². The van der Waals surface area contributed by atoms with Gasteiger partial charge in [-0.2, -0.15) is 15.8 Å². The number of carbonyl (C=O) groups excluding carboxylic acids is 9. The number of hydrogen-bond acceptors (Lipinski definition) is 28. The lowest BCUT2D eigenvalue weighted by Crippen LogP contribution is -2.33. The minimum atomic E-state index is -0.571. The van der Waals surface area contributed by atoms with Crippen molar-refractivity contribution in [1.82, 2.24) is 55.1 Å². The number of amides is 5. The Balaban J connectivity index is -0.00000140. The molecular formula is C102H145N19O15. The number of hydrogen-bond donors (Lipinski definition) is 5.